The molecule has 0 atom stereocenters. The van der Waals surface area contributed by atoms with E-state index in [1.54, 1.807) is 25.5 Å². The number of amides is 1. The molecule has 1 amide bonds. The smallest absolute Gasteiger partial charge is 0.260 e. The quantitative estimate of drug-likeness (QED) is 0.756. The lowest BCUT2D eigenvalue weighted by Crippen LogP contribution is -2.18. The van der Waals surface area contributed by atoms with E-state index in [0.29, 0.717) is 11.2 Å². The van der Waals surface area contributed by atoms with Gasteiger partial charge in [0.05, 0.1) is 7.11 Å². The Bertz CT molecular complexity index is 506. The fourth-order valence-corrected chi connectivity index (χ4v) is 1.33. The molecule has 2 aromatic rings. The van der Waals surface area contributed by atoms with E-state index in [1.165, 1.54) is 11.6 Å². The number of methoxy groups -OCH3 is 1. The van der Waals surface area contributed by atoms with Gasteiger partial charge in [-0.3, -0.25) is 4.79 Å². The summed E-state index contributed by atoms with van der Waals surface area (Å²) in [7, 11) is 3.02. The van der Waals surface area contributed by atoms with Crippen LogP contribution in [-0.4, -0.2) is 34.7 Å². The zero-order valence-corrected chi connectivity index (χ0v) is 8.39. The van der Waals surface area contributed by atoms with Gasteiger partial charge in [0, 0.05) is 19.4 Å². The number of hydrogen-bond acceptors (Lipinski definition) is 4. The third-order valence-electron chi connectivity index (χ3n) is 2.01. The van der Waals surface area contributed by atoms with Gasteiger partial charge < -0.3 is 10.1 Å². The van der Waals surface area contributed by atoms with Crippen LogP contribution in [0.25, 0.3) is 5.65 Å². The molecule has 0 fully saturated rings. The molecule has 0 unspecified atom stereocenters. The van der Waals surface area contributed by atoms with Crippen molar-refractivity contribution in [2.75, 3.05) is 14.2 Å². The van der Waals surface area contributed by atoms with Gasteiger partial charge in [0.1, 0.15) is 5.56 Å². The summed E-state index contributed by atoms with van der Waals surface area (Å²) in [6, 6.07) is 1.73. The molecule has 15 heavy (non-hydrogen) atoms. The zero-order valence-electron chi connectivity index (χ0n) is 8.39. The molecule has 1 N–H and O–H groups in total. The van der Waals surface area contributed by atoms with Crippen molar-refractivity contribution in [3.8, 4) is 5.88 Å². The minimum Gasteiger partial charge on any atom is -0.479 e. The Hall–Kier alpha value is -2.11. The number of carbonyl (C=O) groups is 1. The van der Waals surface area contributed by atoms with E-state index in [9.17, 15) is 4.79 Å². The Morgan fingerprint density at radius 2 is 2.40 bits per heavy atom. The Morgan fingerprint density at radius 1 is 1.60 bits per heavy atom. The minimum atomic E-state index is -0.263. The van der Waals surface area contributed by atoms with E-state index in [1.807, 2.05) is 0 Å². The first-order chi connectivity index (χ1) is 7.27. The van der Waals surface area contributed by atoms with Crippen LogP contribution >= 0.6 is 0 Å². The van der Waals surface area contributed by atoms with Gasteiger partial charge in [0.25, 0.3) is 5.91 Å². The summed E-state index contributed by atoms with van der Waals surface area (Å²) >= 11 is 0. The Balaban J connectivity index is 2.72. The molecule has 6 heteroatoms. The minimum absolute atomic E-state index is 0.263. The molecule has 2 aromatic heterocycles. The first-order valence-electron chi connectivity index (χ1n) is 4.37. The molecular weight excluding hydrogens is 196 g/mol. The SMILES string of the molecule is CNC(=O)c1c(OC)nn2cccnc12. The average molecular weight is 206 g/mol. The van der Waals surface area contributed by atoms with E-state index in [2.05, 4.69) is 15.4 Å². The highest BCUT2D eigenvalue weighted by Gasteiger charge is 2.20. The number of fused-ring (bicyclic) bond motifs is 1. The number of nitrogens with one attached hydrogen (secondary N) is 1. The van der Waals surface area contributed by atoms with Crippen LogP contribution in [0.1, 0.15) is 10.4 Å². The summed E-state index contributed by atoms with van der Waals surface area (Å²) in [6.07, 6.45) is 3.31. The van der Waals surface area contributed by atoms with E-state index >= 15 is 0 Å². The third-order valence-corrected chi connectivity index (χ3v) is 2.01. The van der Waals surface area contributed by atoms with Gasteiger partial charge in [-0.15, -0.1) is 5.10 Å². The summed E-state index contributed by atoms with van der Waals surface area (Å²) in [5.41, 5.74) is 0.828. The van der Waals surface area contributed by atoms with Crippen LogP contribution in [0.4, 0.5) is 0 Å². The maximum atomic E-state index is 11.6. The van der Waals surface area contributed by atoms with Gasteiger partial charge in [0.2, 0.25) is 5.88 Å². The van der Waals surface area contributed by atoms with Crippen molar-refractivity contribution in [1.29, 1.82) is 0 Å². The largest absolute Gasteiger partial charge is 0.479 e. The number of aromatic nitrogens is 3. The standard InChI is InChI=1S/C9H10N4O2/c1-10-8(14)6-7-11-4-3-5-13(7)12-9(6)15-2/h3-5H,1-2H3,(H,10,14). The normalized spacial score (nSPS) is 10.3. The number of rotatable bonds is 2. The van der Waals surface area contributed by atoms with Crippen LogP contribution in [0.2, 0.25) is 0 Å². The highest BCUT2D eigenvalue weighted by Crippen LogP contribution is 2.19. The van der Waals surface area contributed by atoms with Gasteiger partial charge in [-0.05, 0) is 6.07 Å². The summed E-state index contributed by atoms with van der Waals surface area (Å²) < 4.78 is 6.52. The molecule has 0 aliphatic rings. The van der Waals surface area contributed by atoms with Crippen LogP contribution in [0.15, 0.2) is 18.5 Å². The Labute approximate surface area is 85.9 Å². The molecule has 78 valence electrons. The van der Waals surface area contributed by atoms with E-state index in [-0.39, 0.29) is 11.8 Å². The van der Waals surface area contributed by atoms with Crippen molar-refractivity contribution in [2.45, 2.75) is 0 Å². The highest BCUT2D eigenvalue weighted by molar-refractivity contribution is 6.02. The molecule has 0 saturated carbocycles. The molecule has 6 nitrogen and oxygen atoms in total. The predicted octanol–water partition coefficient (Wildman–Crippen LogP) is 0.0975. The second kappa shape index (κ2) is 3.56. The van der Waals surface area contributed by atoms with Crippen molar-refractivity contribution in [2.24, 2.45) is 0 Å². The first kappa shape index (κ1) is 9.45. The van der Waals surface area contributed by atoms with E-state index in [4.69, 9.17) is 4.74 Å². The van der Waals surface area contributed by atoms with Gasteiger partial charge >= 0.3 is 0 Å². The van der Waals surface area contributed by atoms with Crippen molar-refractivity contribution >= 4 is 11.6 Å². The molecule has 0 spiro atoms. The number of hydrogen-bond donors (Lipinski definition) is 1. The lowest BCUT2D eigenvalue weighted by atomic mass is 10.3. The van der Waals surface area contributed by atoms with Crippen molar-refractivity contribution in [3.63, 3.8) is 0 Å². The summed E-state index contributed by atoms with van der Waals surface area (Å²) in [5.74, 6) is 0.00796. The van der Waals surface area contributed by atoms with Crippen LogP contribution in [-0.2, 0) is 0 Å². The molecule has 0 saturated heterocycles. The van der Waals surface area contributed by atoms with E-state index in [0.717, 1.165) is 0 Å². The number of ether oxygens (including phenoxy) is 1. The molecule has 0 aromatic carbocycles. The topological polar surface area (TPSA) is 68.5 Å². The second-order valence-electron chi connectivity index (χ2n) is 2.85. The Kier molecular flexibility index (Phi) is 2.24. The molecule has 2 heterocycles. The summed E-state index contributed by atoms with van der Waals surface area (Å²) in [6.45, 7) is 0. The molecule has 0 radical (unpaired) electrons. The maximum absolute atomic E-state index is 11.6. The average Bonchev–Trinajstić information content (AvgIpc) is 2.66. The van der Waals surface area contributed by atoms with Gasteiger partial charge in [-0.1, -0.05) is 0 Å². The molecule has 2 rings (SSSR count). The third kappa shape index (κ3) is 1.39. The van der Waals surface area contributed by atoms with Crippen LogP contribution in [0.5, 0.6) is 5.88 Å². The zero-order chi connectivity index (χ0) is 10.8. The van der Waals surface area contributed by atoms with Crippen molar-refractivity contribution in [1.82, 2.24) is 19.9 Å². The summed E-state index contributed by atoms with van der Waals surface area (Å²) in [4.78, 5) is 15.7. The molecule has 0 aliphatic carbocycles. The number of carbonyl (C=O) groups excluding carboxylic acids is 1. The highest BCUT2D eigenvalue weighted by atomic mass is 16.5. The number of nitrogens with zero attached hydrogens (tertiary/aromatic N) is 3. The fourth-order valence-electron chi connectivity index (χ4n) is 1.33. The van der Waals surface area contributed by atoms with Crippen molar-refractivity contribution in [3.05, 3.63) is 24.0 Å². The molecule has 0 bridgehead atoms. The molecular formula is C9H10N4O2. The molecule has 0 aliphatic heterocycles. The first-order valence-corrected chi connectivity index (χ1v) is 4.37. The van der Waals surface area contributed by atoms with Gasteiger partial charge in [0.15, 0.2) is 5.65 Å². The monoisotopic (exact) mass is 206 g/mol. The maximum Gasteiger partial charge on any atom is 0.260 e. The lowest BCUT2D eigenvalue weighted by molar-refractivity contribution is 0.0961. The second-order valence-corrected chi connectivity index (χ2v) is 2.85. The van der Waals surface area contributed by atoms with Crippen molar-refractivity contribution < 1.29 is 9.53 Å². The van der Waals surface area contributed by atoms with Gasteiger partial charge in [-0.25, -0.2) is 9.50 Å². The Morgan fingerprint density at radius 3 is 3.07 bits per heavy atom. The predicted molar refractivity (Wildman–Crippen MR) is 52.9 cm³/mol. The summed E-state index contributed by atoms with van der Waals surface area (Å²) in [5, 5.41) is 6.59. The van der Waals surface area contributed by atoms with Crippen LogP contribution in [0, 0.1) is 0 Å². The van der Waals surface area contributed by atoms with E-state index < -0.39 is 0 Å². The lowest BCUT2D eigenvalue weighted by Gasteiger charge is -1.98. The van der Waals surface area contributed by atoms with Crippen LogP contribution < -0.4 is 10.1 Å². The van der Waals surface area contributed by atoms with Gasteiger partial charge in [-0.2, -0.15) is 0 Å². The fraction of sp³-hybridized carbons (Fsp3) is 0.222. The van der Waals surface area contributed by atoms with Crippen LogP contribution in [0.3, 0.4) is 0 Å².